The normalized spacial score (nSPS) is 16.0. The van der Waals surface area contributed by atoms with Gasteiger partial charge in [-0.2, -0.15) is 18.3 Å². The lowest BCUT2D eigenvalue weighted by molar-refractivity contribution is -0.137. The summed E-state index contributed by atoms with van der Waals surface area (Å²) in [7, 11) is 0. The highest BCUT2D eigenvalue weighted by Crippen LogP contribution is 2.37. The van der Waals surface area contributed by atoms with Gasteiger partial charge in [-0.3, -0.25) is 4.79 Å². The van der Waals surface area contributed by atoms with Gasteiger partial charge >= 0.3 is 6.18 Å². The van der Waals surface area contributed by atoms with Crippen molar-refractivity contribution in [3.8, 4) is 11.5 Å². The lowest BCUT2D eigenvalue weighted by Crippen LogP contribution is -2.18. The topological polar surface area (TPSA) is 59.9 Å². The van der Waals surface area contributed by atoms with Crippen molar-refractivity contribution in [1.82, 2.24) is 5.43 Å². The number of rotatable bonds is 1. The number of hydrogen-bond donors (Lipinski definition) is 1. The smallest absolute Gasteiger partial charge is 0.416 e. The molecule has 0 aliphatic carbocycles. The van der Waals surface area contributed by atoms with Crippen LogP contribution in [-0.4, -0.2) is 18.4 Å². The molecule has 0 saturated carbocycles. The second-order valence-corrected chi connectivity index (χ2v) is 5.61. The zero-order valence-corrected chi connectivity index (χ0v) is 12.7. The summed E-state index contributed by atoms with van der Waals surface area (Å²) in [5.41, 5.74) is 3.76. The molecule has 5 nitrogen and oxygen atoms in total. The molecule has 4 rings (SSSR count). The summed E-state index contributed by atoms with van der Waals surface area (Å²) in [6.45, 7) is 0.0805. The van der Waals surface area contributed by atoms with Gasteiger partial charge in [0, 0.05) is 11.1 Å². The molecule has 128 valence electrons. The Morgan fingerprint density at radius 2 is 1.72 bits per heavy atom. The largest absolute Gasteiger partial charge is 0.454 e. The number of amides is 1. The highest BCUT2D eigenvalue weighted by Gasteiger charge is 2.30. The molecule has 0 unspecified atom stereocenters. The van der Waals surface area contributed by atoms with Gasteiger partial charge in [-0.1, -0.05) is 12.1 Å². The zero-order valence-electron chi connectivity index (χ0n) is 12.7. The summed E-state index contributed by atoms with van der Waals surface area (Å²) >= 11 is 0. The molecule has 0 spiro atoms. The lowest BCUT2D eigenvalue weighted by Gasteiger charge is -2.11. The fourth-order valence-corrected chi connectivity index (χ4v) is 2.78. The monoisotopic (exact) mass is 348 g/mol. The van der Waals surface area contributed by atoms with Gasteiger partial charge in [0.2, 0.25) is 12.7 Å². The Balaban J connectivity index is 1.81. The highest BCUT2D eigenvalue weighted by atomic mass is 19.4. The summed E-state index contributed by atoms with van der Waals surface area (Å²) in [6, 6.07) is 8.01. The van der Waals surface area contributed by atoms with Crippen molar-refractivity contribution in [1.29, 1.82) is 0 Å². The molecule has 0 atom stereocenters. The van der Waals surface area contributed by atoms with Crippen molar-refractivity contribution >= 4 is 11.6 Å². The molecule has 0 aromatic heterocycles. The Kier molecular flexibility index (Phi) is 3.41. The third-order valence-electron chi connectivity index (χ3n) is 3.98. The number of hydrogen-bond acceptors (Lipinski definition) is 4. The van der Waals surface area contributed by atoms with Crippen molar-refractivity contribution < 1.29 is 27.4 Å². The van der Waals surface area contributed by atoms with Gasteiger partial charge in [0.25, 0.3) is 0 Å². The van der Waals surface area contributed by atoms with E-state index in [1.165, 1.54) is 12.1 Å². The molecule has 2 aliphatic heterocycles. The van der Waals surface area contributed by atoms with E-state index in [1.807, 2.05) is 0 Å². The molecule has 0 radical (unpaired) electrons. The third kappa shape index (κ3) is 2.79. The van der Waals surface area contributed by atoms with Crippen LogP contribution in [-0.2, 0) is 17.4 Å². The van der Waals surface area contributed by atoms with Crippen LogP contribution in [0.2, 0.25) is 0 Å². The van der Waals surface area contributed by atoms with Gasteiger partial charge < -0.3 is 9.47 Å². The average Bonchev–Trinajstić information content (AvgIpc) is 2.95. The van der Waals surface area contributed by atoms with Gasteiger partial charge in [-0.25, -0.2) is 5.43 Å². The predicted octanol–water partition coefficient (Wildman–Crippen LogP) is 2.86. The highest BCUT2D eigenvalue weighted by molar-refractivity contribution is 6.15. The molecule has 1 N–H and O–H groups in total. The number of nitrogens with zero attached hydrogens (tertiary/aromatic N) is 1. The fraction of sp³-hybridized carbons (Fsp3) is 0.176. The SMILES string of the molecule is O=C1Cc2cc3c(cc2C(c2ccc(C(F)(F)F)cc2)=NN1)OCO3. The van der Waals surface area contributed by atoms with Gasteiger partial charge in [-0.15, -0.1) is 0 Å². The molecule has 8 heteroatoms. The Bertz CT molecular complexity index is 889. The van der Waals surface area contributed by atoms with E-state index < -0.39 is 11.7 Å². The molecule has 2 aliphatic rings. The van der Waals surface area contributed by atoms with Crippen molar-refractivity contribution in [2.75, 3.05) is 6.79 Å². The first-order chi connectivity index (χ1) is 11.9. The minimum Gasteiger partial charge on any atom is -0.454 e. The molecule has 1 amide bonds. The van der Waals surface area contributed by atoms with Crippen molar-refractivity contribution in [3.63, 3.8) is 0 Å². The van der Waals surface area contributed by atoms with Crippen LogP contribution in [0.15, 0.2) is 41.5 Å². The molecular formula is C17H11F3N2O3. The van der Waals surface area contributed by atoms with E-state index in [-0.39, 0.29) is 19.1 Å². The van der Waals surface area contributed by atoms with E-state index >= 15 is 0 Å². The second kappa shape index (κ2) is 5.51. The van der Waals surface area contributed by atoms with Crippen LogP contribution < -0.4 is 14.9 Å². The number of nitrogens with one attached hydrogen (secondary N) is 1. The quantitative estimate of drug-likeness (QED) is 0.862. The van der Waals surface area contributed by atoms with Crippen molar-refractivity contribution in [3.05, 3.63) is 58.7 Å². The summed E-state index contributed by atoms with van der Waals surface area (Å²) in [5, 5.41) is 4.07. The lowest BCUT2D eigenvalue weighted by atomic mass is 9.95. The van der Waals surface area contributed by atoms with E-state index in [9.17, 15) is 18.0 Å². The van der Waals surface area contributed by atoms with E-state index in [0.717, 1.165) is 12.1 Å². The molecule has 25 heavy (non-hydrogen) atoms. The molecule has 0 bridgehead atoms. The van der Waals surface area contributed by atoms with Crippen molar-refractivity contribution in [2.45, 2.75) is 12.6 Å². The standard InChI is InChI=1S/C17H11F3N2O3/c18-17(19,20)11-3-1-9(2-4-11)16-12-7-14-13(24-8-25-14)5-10(12)6-15(23)21-22-16/h1-5,7H,6,8H2,(H,21,23). The minimum absolute atomic E-state index is 0.0805. The minimum atomic E-state index is -4.41. The first kappa shape index (κ1) is 15.5. The number of halogens is 3. The zero-order chi connectivity index (χ0) is 17.6. The van der Waals surface area contributed by atoms with Crippen LogP contribution in [0.1, 0.15) is 22.3 Å². The third-order valence-corrected chi connectivity index (χ3v) is 3.98. The van der Waals surface area contributed by atoms with Crippen LogP contribution in [0, 0.1) is 0 Å². The average molecular weight is 348 g/mol. The predicted molar refractivity (Wildman–Crippen MR) is 81.5 cm³/mol. The van der Waals surface area contributed by atoms with Crippen LogP contribution in [0.3, 0.4) is 0 Å². The maximum atomic E-state index is 12.7. The summed E-state index contributed by atoms with van der Waals surface area (Å²) in [5.74, 6) is 0.718. The van der Waals surface area contributed by atoms with E-state index in [0.29, 0.717) is 33.9 Å². The van der Waals surface area contributed by atoms with Gasteiger partial charge in [0.1, 0.15) is 0 Å². The number of carbonyl (C=O) groups is 1. The Morgan fingerprint density at radius 1 is 1.04 bits per heavy atom. The Hall–Kier alpha value is -3.03. The fourth-order valence-electron chi connectivity index (χ4n) is 2.78. The molecule has 2 heterocycles. The number of carbonyl (C=O) groups excluding carboxylic acids is 1. The van der Waals surface area contributed by atoms with Crippen LogP contribution in [0.5, 0.6) is 11.5 Å². The summed E-state index contributed by atoms with van der Waals surface area (Å²) in [4.78, 5) is 11.9. The molecular weight excluding hydrogens is 337 g/mol. The number of fused-ring (bicyclic) bond motifs is 2. The van der Waals surface area contributed by atoms with Crippen molar-refractivity contribution in [2.24, 2.45) is 5.10 Å². The van der Waals surface area contributed by atoms with Gasteiger partial charge in [-0.05, 0) is 29.8 Å². The first-order valence-corrected chi connectivity index (χ1v) is 7.39. The maximum Gasteiger partial charge on any atom is 0.416 e. The molecule has 2 aromatic rings. The van der Waals surface area contributed by atoms with Gasteiger partial charge in [0.05, 0.1) is 17.7 Å². The number of ether oxygens (including phenoxy) is 2. The van der Waals surface area contributed by atoms with E-state index in [1.54, 1.807) is 12.1 Å². The van der Waals surface area contributed by atoms with E-state index in [2.05, 4.69) is 10.5 Å². The number of benzene rings is 2. The maximum absolute atomic E-state index is 12.7. The number of alkyl halides is 3. The summed E-state index contributed by atoms with van der Waals surface area (Å²) < 4.78 is 48.9. The molecule has 2 aromatic carbocycles. The molecule has 0 saturated heterocycles. The van der Waals surface area contributed by atoms with Crippen LogP contribution in [0.25, 0.3) is 0 Å². The first-order valence-electron chi connectivity index (χ1n) is 7.39. The number of hydrazone groups is 1. The second-order valence-electron chi connectivity index (χ2n) is 5.61. The van der Waals surface area contributed by atoms with Gasteiger partial charge in [0.15, 0.2) is 11.5 Å². The van der Waals surface area contributed by atoms with Crippen LogP contribution in [0.4, 0.5) is 13.2 Å². The van der Waals surface area contributed by atoms with E-state index in [4.69, 9.17) is 9.47 Å². The summed E-state index contributed by atoms with van der Waals surface area (Å²) in [6.07, 6.45) is -4.33. The molecule has 0 fully saturated rings. The van der Waals surface area contributed by atoms with Crippen LogP contribution >= 0.6 is 0 Å². The Morgan fingerprint density at radius 3 is 2.40 bits per heavy atom. The Labute approximate surface area is 140 Å².